The number of benzene rings is 2. The van der Waals surface area contributed by atoms with Gasteiger partial charge in [-0.15, -0.1) is 0 Å². The van der Waals surface area contributed by atoms with Gasteiger partial charge in [-0.3, -0.25) is 29.1 Å². The Labute approximate surface area is 399 Å². The highest BCUT2D eigenvalue weighted by molar-refractivity contribution is 8.77. The Balaban J connectivity index is 0.746. The number of piperidine rings is 1. The summed E-state index contributed by atoms with van der Waals surface area (Å²) >= 11 is 0. The van der Waals surface area contributed by atoms with Crippen LogP contribution in [0.15, 0.2) is 66.0 Å². The molecule has 4 N–H and O–H groups in total. The van der Waals surface area contributed by atoms with Crippen LogP contribution in [0.3, 0.4) is 0 Å². The molecule has 360 valence electrons. The molecule has 3 aromatic rings. The minimum Gasteiger partial charge on any atom is -0.494 e. The van der Waals surface area contributed by atoms with E-state index >= 15 is 4.39 Å². The number of amides is 5. The Hall–Kier alpha value is -5.40. The third-order valence-corrected chi connectivity index (χ3v) is 16.0. The zero-order valence-corrected chi connectivity index (χ0v) is 40.1. The normalized spacial score (nSPS) is 19.4. The summed E-state index contributed by atoms with van der Waals surface area (Å²) in [5, 5.41) is 19.0. The summed E-state index contributed by atoms with van der Waals surface area (Å²) < 4.78 is 20.4. The number of anilines is 2. The molecule has 0 bridgehead atoms. The smallest absolute Gasteiger partial charge is 0.317 e. The lowest BCUT2D eigenvalue weighted by Gasteiger charge is -2.42. The maximum absolute atomic E-state index is 15.0. The quantitative estimate of drug-likeness (QED) is 0.0596. The molecule has 4 aliphatic rings. The molecule has 4 heterocycles. The number of piperazine rings is 1. The monoisotopic (exact) mass is 959 g/mol. The van der Waals surface area contributed by atoms with Gasteiger partial charge in [0, 0.05) is 149 Å². The van der Waals surface area contributed by atoms with Crippen molar-refractivity contribution in [3.05, 3.63) is 83.4 Å². The van der Waals surface area contributed by atoms with E-state index in [4.69, 9.17) is 9.84 Å². The van der Waals surface area contributed by atoms with E-state index < -0.39 is 11.8 Å². The zero-order valence-electron chi connectivity index (χ0n) is 38.5. The first kappa shape index (κ1) is 49.5. The van der Waals surface area contributed by atoms with Gasteiger partial charge in [-0.05, 0) is 81.3 Å². The van der Waals surface area contributed by atoms with Gasteiger partial charge in [-0.25, -0.2) is 14.6 Å². The Morgan fingerprint density at radius 2 is 1.76 bits per heavy atom. The van der Waals surface area contributed by atoms with Crippen LogP contribution in [0.25, 0.3) is 0 Å². The lowest BCUT2D eigenvalue weighted by molar-refractivity contribution is -0.137. The summed E-state index contributed by atoms with van der Waals surface area (Å²) in [7, 11) is 5.18. The predicted octanol–water partition coefficient (Wildman–Crippen LogP) is 6.33. The number of pyridine rings is 1. The number of hydrogen-bond acceptors (Lipinski definition) is 12. The highest BCUT2D eigenvalue weighted by Crippen LogP contribution is 2.47. The number of fused-ring (bicyclic) bond motifs is 1. The van der Waals surface area contributed by atoms with Crippen LogP contribution in [0.1, 0.15) is 87.8 Å². The number of rotatable bonds is 19. The SMILES string of the molecule is CN1CC/C(=N\NC(=O)CC(C)(C)SSCCC(=O)N2CCN(C3CCN(C(=O)NCc4ccc(NC(=O)[C@H]5C[C@@H]5c5cccnc5)cc4F)CC3)CC2)c2ccc(OCCCC(=O)O)cc21. The fraction of sp³-hybridized carbons (Fsp3) is 0.521. The molecule has 2 aromatic carbocycles. The van der Waals surface area contributed by atoms with Crippen molar-refractivity contribution in [1.29, 1.82) is 0 Å². The molecule has 3 fully saturated rings. The highest BCUT2D eigenvalue weighted by atomic mass is 33.1. The molecule has 1 aromatic heterocycles. The summed E-state index contributed by atoms with van der Waals surface area (Å²) in [5.41, 5.74) is 7.15. The number of carboxylic acids is 1. The number of nitrogens with zero attached hydrogens (tertiary/aromatic N) is 6. The average Bonchev–Trinajstić information content (AvgIpc) is 4.13. The van der Waals surface area contributed by atoms with E-state index in [0.717, 1.165) is 61.4 Å². The van der Waals surface area contributed by atoms with Crippen LogP contribution in [0.5, 0.6) is 5.75 Å². The second-order valence-electron chi connectivity index (χ2n) is 18.2. The van der Waals surface area contributed by atoms with Crippen LogP contribution in [-0.4, -0.2) is 136 Å². The van der Waals surface area contributed by atoms with Crippen molar-refractivity contribution in [2.75, 3.05) is 75.4 Å². The number of carbonyl (C=O) groups excluding carboxylic acids is 4. The Morgan fingerprint density at radius 1 is 0.970 bits per heavy atom. The number of halogens is 1. The molecule has 0 radical (unpaired) electrons. The minimum atomic E-state index is -0.850. The van der Waals surface area contributed by atoms with E-state index in [2.05, 4.69) is 35.9 Å². The van der Waals surface area contributed by atoms with Crippen LogP contribution in [-0.2, 0) is 25.7 Å². The molecule has 7 rings (SSSR count). The number of carboxylic acid groups (broad SMARTS) is 1. The predicted molar refractivity (Wildman–Crippen MR) is 260 cm³/mol. The van der Waals surface area contributed by atoms with E-state index in [-0.39, 0.29) is 59.7 Å². The maximum Gasteiger partial charge on any atom is 0.317 e. The fourth-order valence-corrected chi connectivity index (χ4v) is 11.3. The maximum atomic E-state index is 15.0. The number of likely N-dealkylation sites (tertiary alicyclic amines) is 1. The van der Waals surface area contributed by atoms with Gasteiger partial charge in [-0.2, -0.15) is 5.10 Å². The second kappa shape index (κ2) is 23.1. The van der Waals surface area contributed by atoms with Gasteiger partial charge in [0.05, 0.1) is 12.3 Å². The van der Waals surface area contributed by atoms with Crippen LogP contribution < -0.4 is 25.7 Å². The third kappa shape index (κ3) is 14.1. The van der Waals surface area contributed by atoms with E-state index in [1.165, 1.54) is 6.07 Å². The summed E-state index contributed by atoms with van der Waals surface area (Å²) in [4.78, 5) is 75.1. The molecule has 19 heteroatoms. The molecule has 1 aliphatic carbocycles. The molecule has 16 nitrogen and oxygen atoms in total. The summed E-state index contributed by atoms with van der Waals surface area (Å²) in [5.74, 6) is -0.274. The summed E-state index contributed by atoms with van der Waals surface area (Å²) in [6.07, 6.45) is 7.68. The van der Waals surface area contributed by atoms with E-state index in [0.29, 0.717) is 80.8 Å². The molecule has 0 spiro atoms. The number of hydrogen-bond donors (Lipinski definition) is 4. The number of nitrogens with one attached hydrogen (secondary N) is 3. The van der Waals surface area contributed by atoms with Crippen molar-refractivity contribution in [2.45, 2.75) is 88.5 Å². The standard InChI is InChI=1S/C48H62FN9O7S2/c1-48(2,29-43(59)54-53-41-14-17-55(3)42-27-36(10-11-37(41)42)65-24-5-7-45(61)62)67-66-25-15-44(60)57-22-20-56(21-23-57)35-12-18-58(19-13-35)47(64)51-31-33-8-9-34(26-40(33)49)52-46(63)39-28-38(39)32-6-4-16-50-30-32/h4,6,8-11,16,26-27,30,35,38-39H,5,7,12-15,17-25,28-29,31H2,1-3H3,(H,51,64)(H,52,63)(H,54,59)(H,61,62)/b53-41+/t38-,39+/m1/s1. The molecule has 2 atom stereocenters. The highest BCUT2D eigenvalue weighted by Gasteiger charge is 2.44. The molecular weight excluding hydrogens is 898 g/mol. The van der Waals surface area contributed by atoms with Crippen molar-refractivity contribution in [3.8, 4) is 5.75 Å². The summed E-state index contributed by atoms with van der Waals surface area (Å²) in [6.45, 7) is 9.18. The van der Waals surface area contributed by atoms with Crippen molar-refractivity contribution < 1.29 is 38.2 Å². The Bertz CT molecular complexity index is 2270. The first-order chi connectivity index (χ1) is 32.2. The second-order valence-corrected chi connectivity index (χ2v) is 21.3. The molecule has 67 heavy (non-hydrogen) atoms. The van der Waals surface area contributed by atoms with E-state index in [9.17, 15) is 24.0 Å². The van der Waals surface area contributed by atoms with Crippen molar-refractivity contribution >= 4 is 68.4 Å². The lowest BCUT2D eigenvalue weighted by Crippen LogP contribution is -2.55. The fourth-order valence-electron chi connectivity index (χ4n) is 8.80. The molecule has 3 aliphatic heterocycles. The third-order valence-electron chi connectivity index (χ3n) is 12.7. The number of carbonyl (C=O) groups is 5. The van der Waals surface area contributed by atoms with E-state index in [1.54, 1.807) is 51.0 Å². The van der Waals surface area contributed by atoms with Gasteiger partial charge in [0.2, 0.25) is 17.7 Å². The number of hydrazone groups is 1. The zero-order chi connectivity index (χ0) is 47.5. The van der Waals surface area contributed by atoms with Crippen LogP contribution in [0.4, 0.5) is 20.6 Å². The van der Waals surface area contributed by atoms with Gasteiger partial charge in [0.25, 0.3) is 0 Å². The van der Waals surface area contributed by atoms with Gasteiger partial charge in [-0.1, -0.05) is 33.7 Å². The van der Waals surface area contributed by atoms with Gasteiger partial charge >= 0.3 is 12.0 Å². The van der Waals surface area contributed by atoms with Gasteiger partial charge in [0.15, 0.2) is 0 Å². The van der Waals surface area contributed by atoms with E-state index in [1.807, 2.05) is 56.1 Å². The Kier molecular flexibility index (Phi) is 17.0. The summed E-state index contributed by atoms with van der Waals surface area (Å²) in [6, 6.07) is 14.1. The van der Waals surface area contributed by atoms with Crippen LogP contribution in [0, 0.1) is 11.7 Å². The molecule has 2 saturated heterocycles. The number of aliphatic carboxylic acids is 1. The molecule has 5 amide bonds. The van der Waals surface area contributed by atoms with Crippen molar-refractivity contribution in [3.63, 3.8) is 0 Å². The van der Waals surface area contributed by atoms with Crippen LogP contribution >= 0.6 is 21.6 Å². The molecular formula is C48H62FN9O7S2. The first-order valence-electron chi connectivity index (χ1n) is 23.1. The van der Waals surface area contributed by atoms with Gasteiger partial charge in [0.1, 0.15) is 11.6 Å². The van der Waals surface area contributed by atoms with Crippen molar-refractivity contribution in [2.24, 2.45) is 11.0 Å². The minimum absolute atomic E-state index is 0.0408. The van der Waals surface area contributed by atoms with Crippen LogP contribution in [0.2, 0.25) is 0 Å². The average molecular weight is 960 g/mol. The number of ether oxygens (including phenoxy) is 1. The molecule has 1 saturated carbocycles. The van der Waals surface area contributed by atoms with Crippen molar-refractivity contribution in [1.82, 2.24) is 30.4 Å². The Morgan fingerprint density at radius 3 is 2.49 bits per heavy atom. The number of aromatic nitrogens is 1. The molecule has 0 unspecified atom stereocenters. The topological polar surface area (TPSA) is 189 Å². The van der Waals surface area contributed by atoms with Gasteiger partial charge < -0.3 is 35.2 Å². The number of urea groups is 1. The largest absolute Gasteiger partial charge is 0.494 e. The first-order valence-corrected chi connectivity index (χ1v) is 25.4. The lowest BCUT2D eigenvalue weighted by atomic mass is 10.00.